The van der Waals surface area contributed by atoms with E-state index in [2.05, 4.69) is 9.97 Å². The summed E-state index contributed by atoms with van der Waals surface area (Å²) in [5.41, 5.74) is 2.26. The first-order chi connectivity index (χ1) is 16.6. The molecule has 1 N–H and O–H groups in total. The Hall–Kier alpha value is -3.66. The topological polar surface area (TPSA) is 89.1 Å². The fourth-order valence-electron chi connectivity index (χ4n) is 3.57. The first-order valence-electron chi connectivity index (χ1n) is 10.7. The first kappa shape index (κ1) is 24.5. The maximum absolute atomic E-state index is 13.0. The number of halogens is 3. The third-order valence-electron chi connectivity index (χ3n) is 5.39. The zero-order chi connectivity index (χ0) is 25.2. The largest absolute Gasteiger partial charge is 0.466 e. The fourth-order valence-corrected chi connectivity index (χ4v) is 4.79. The van der Waals surface area contributed by atoms with Crippen molar-refractivity contribution in [1.82, 2.24) is 9.97 Å². The molecule has 0 aliphatic carbocycles. The van der Waals surface area contributed by atoms with Gasteiger partial charge in [0, 0.05) is 5.56 Å². The van der Waals surface area contributed by atoms with Crippen LogP contribution in [0.3, 0.4) is 0 Å². The van der Waals surface area contributed by atoms with Crippen LogP contribution in [-0.2, 0) is 25.5 Å². The van der Waals surface area contributed by atoms with Gasteiger partial charge >= 0.3 is 12.1 Å². The number of alkyl halides is 3. The number of aromatic nitrogens is 2. The van der Waals surface area contributed by atoms with Crippen molar-refractivity contribution in [2.24, 2.45) is 0 Å². The number of fused-ring (bicyclic) bond motifs is 1. The Balaban J connectivity index is 1.50. The van der Waals surface area contributed by atoms with E-state index >= 15 is 0 Å². The number of sulfone groups is 1. The number of H-pyrrole nitrogens is 1. The summed E-state index contributed by atoms with van der Waals surface area (Å²) in [5.74, 6) is -0.450. The van der Waals surface area contributed by atoms with Gasteiger partial charge in [0.2, 0.25) is 0 Å². The smallest absolute Gasteiger partial charge is 0.416 e. The molecule has 0 unspecified atom stereocenters. The lowest BCUT2D eigenvalue weighted by Gasteiger charge is -2.07. The van der Waals surface area contributed by atoms with Crippen molar-refractivity contribution in [1.29, 1.82) is 0 Å². The number of nitrogens with zero attached hydrogens (tertiary/aromatic N) is 1. The Morgan fingerprint density at radius 2 is 1.54 bits per heavy atom. The number of ether oxygens (including phenoxy) is 1. The van der Waals surface area contributed by atoms with Crippen LogP contribution in [0, 0.1) is 0 Å². The Morgan fingerprint density at radius 3 is 2.14 bits per heavy atom. The van der Waals surface area contributed by atoms with Crippen LogP contribution >= 0.6 is 0 Å². The summed E-state index contributed by atoms with van der Waals surface area (Å²) in [6.07, 6.45) is -4.64. The van der Waals surface area contributed by atoms with Gasteiger partial charge in [0.1, 0.15) is 5.82 Å². The van der Waals surface area contributed by atoms with E-state index in [4.69, 9.17) is 4.74 Å². The molecule has 10 heteroatoms. The summed E-state index contributed by atoms with van der Waals surface area (Å²) in [4.78, 5) is 18.9. The lowest BCUT2D eigenvalue weighted by Crippen LogP contribution is -2.13. The van der Waals surface area contributed by atoms with Gasteiger partial charge in [0.15, 0.2) is 9.84 Å². The zero-order valence-electron chi connectivity index (χ0n) is 18.6. The van der Waals surface area contributed by atoms with Gasteiger partial charge in [-0.3, -0.25) is 4.79 Å². The lowest BCUT2D eigenvalue weighted by atomic mass is 10.0. The molecular weight excluding hydrogens is 481 g/mol. The summed E-state index contributed by atoms with van der Waals surface area (Å²) in [6, 6.07) is 16.9. The average molecular weight is 503 g/mol. The molecule has 6 nitrogen and oxygen atoms in total. The number of imidazole rings is 1. The summed E-state index contributed by atoms with van der Waals surface area (Å²) in [5, 5.41) is 0. The van der Waals surface area contributed by atoms with Crippen molar-refractivity contribution in [3.63, 3.8) is 0 Å². The molecule has 182 valence electrons. The normalized spacial score (nSPS) is 12.1. The number of hydrogen-bond donors (Lipinski definition) is 1. The van der Waals surface area contributed by atoms with E-state index in [9.17, 15) is 26.4 Å². The SMILES string of the molecule is CCOC(=O)CCS(=O)(=O)c1ccc(-c2ccc(-c3nc4ccc(C(F)(F)F)cc4[nH]3)cc2)cc1. The number of carbonyl (C=O) groups excluding carboxylic acids is 1. The van der Waals surface area contributed by atoms with Gasteiger partial charge in [-0.1, -0.05) is 36.4 Å². The summed E-state index contributed by atoms with van der Waals surface area (Å²) >= 11 is 0. The standard InChI is InChI=1S/C25H21F3N2O4S/c1-2-34-23(31)13-14-35(32,33)20-10-7-17(8-11-20)16-3-5-18(6-4-16)24-29-21-12-9-19(25(26,27)28)15-22(21)30-24/h3-12,15H,2,13-14H2,1H3,(H,29,30). The average Bonchev–Trinajstić information content (AvgIpc) is 3.26. The molecule has 0 saturated heterocycles. The Kier molecular flexibility index (Phi) is 6.66. The second kappa shape index (κ2) is 9.53. The van der Waals surface area contributed by atoms with Crippen molar-refractivity contribution in [3.05, 3.63) is 72.3 Å². The van der Waals surface area contributed by atoms with Crippen LogP contribution in [0.4, 0.5) is 13.2 Å². The van der Waals surface area contributed by atoms with Gasteiger partial charge in [-0.25, -0.2) is 13.4 Å². The van der Waals surface area contributed by atoms with Crippen LogP contribution in [0.1, 0.15) is 18.9 Å². The van der Waals surface area contributed by atoms with Gasteiger partial charge in [-0.15, -0.1) is 0 Å². The number of rotatable bonds is 7. The number of aromatic amines is 1. The highest BCUT2D eigenvalue weighted by molar-refractivity contribution is 7.91. The van der Waals surface area contributed by atoms with Crippen LogP contribution < -0.4 is 0 Å². The number of benzene rings is 3. The van der Waals surface area contributed by atoms with Gasteiger partial charge < -0.3 is 9.72 Å². The van der Waals surface area contributed by atoms with Gasteiger partial charge in [-0.05, 0) is 48.4 Å². The van der Waals surface area contributed by atoms with Gasteiger partial charge in [0.05, 0.1) is 40.3 Å². The molecule has 0 atom stereocenters. The van der Waals surface area contributed by atoms with E-state index in [1.807, 2.05) is 12.1 Å². The minimum atomic E-state index is -4.43. The highest BCUT2D eigenvalue weighted by atomic mass is 32.2. The Labute approximate surface area is 199 Å². The van der Waals surface area contributed by atoms with Gasteiger partial charge in [0.25, 0.3) is 0 Å². The van der Waals surface area contributed by atoms with Crippen LogP contribution in [-0.4, -0.2) is 36.7 Å². The molecule has 1 aromatic heterocycles. The molecule has 3 aromatic carbocycles. The van der Waals surface area contributed by atoms with Crippen LogP contribution in [0.2, 0.25) is 0 Å². The van der Waals surface area contributed by atoms with E-state index in [0.717, 1.165) is 23.3 Å². The quantitative estimate of drug-likeness (QED) is 0.330. The molecule has 1 heterocycles. The minimum Gasteiger partial charge on any atom is -0.466 e. The molecule has 4 rings (SSSR count). The van der Waals surface area contributed by atoms with Crippen molar-refractivity contribution in [2.75, 3.05) is 12.4 Å². The van der Waals surface area contributed by atoms with Gasteiger partial charge in [-0.2, -0.15) is 13.2 Å². The van der Waals surface area contributed by atoms with E-state index in [-0.39, 0.29) is 23.7 Å². The lowest BCUT2D eigenvalue weighted by molar-refractivity contribution is -0.142. The molecule has 0 aliphatic heterocycles. The molecule has 0 aliphatic rings. The van der Waals surface area contributed by atoms with Crippen LogP contribution in [0.15, 0.2) is 71.6 Å². The minimum absolute atomic E-state index is 0.114. The van der Waals surface area contributed by atoms with E-state index in [0.29, 0.717) is 22.4 Å². The number of hydrogen-bond acceptors (Lipinski definition) is 5. The van der Waals surface area contributed by atoms with E-state index < -0.39 is 27.5 Å². The number of carbonyl (C=O) groups is 1. The highest BCUT2D eigenvalue weighted by Crippen LogP contribution is 2.32. The Morgan fingerprint density at radius 1 is 0.943 bits per heavy atom. The second-order valence-electron chi connectivity index (χ2n) is 7.79. The van der Waals surface area contributed by atoms with Crippen molar-refractivity contribution in [3.8, 4) is 22.5 Å². The number of esters is 1. The molecule has 0 radical (unpaired) electrons. The van der Waals surface area contributed by atoms with Crippen LogP contribution in [0.5, 0.6) is 0 Å². The molecule has 4 aromatic rings. The number of nitrogens with one attached hydrogen (secondary N) is 1. The summed E-state index contributed by atoms with van der Waals surface area (Å²) in [7, 11) is -3.62. The molecule has 0 fully saturated rings. The molecular formula is C25H21F3N2O4S. The third kappa shape index (κ3) is 5.54. The fraction of sp³-hybridized carbons (Fsp3) is 0.200. The molecule has 0 saturated carbocycles. The highest BCUT2D eigenvalue weighted by Gasteiger charge is 2.30. The van der Waals surface area contributed by atoms with Crippen molar-refractivity contribution in [2.45, 2.75) is 24.4 Å². The maximum Gasteiger partial charge on any atom is 0.416 e. The van der Waals surface area contributed by atoms with Crippen molar-refractivity contribution >= 4 is 26.8 Å². The van der Waals surface area contributed by atoms with E-state index in [1.54, 1.807) is 31.2 Å². The first-order valence-corrected chi connectivity index (χ1v) is 12.4. The Bertz CT molecular complexity index is 1460. The molecule has 0 bridgehead atoms. The molecule has 0 spiro atoms. The predicted molar refractivity (Wildman–Crippen MR) is 125 cm³/mol. The van der Waals surface area contributed by atoms with E-state index in [1.165, 1.54) is 18.2 Å². The maximum atomic E-state index is 13.0. The zero-order valence-corrected chi connectivity index (χ0v) is 19.4. The third-order valence-corrected chi connectivity index (χ3v) is 7.13. The molecule has 0 amide bonds. The monoisotopic (exact) mass is 502 g/mol. The predicted octanol–water partition coefficient (Wildman–Crippen LogP) is 5.64. The molecule has 35 heavy (non-hydrogen) atoms. The van der Waals surface area contributed by atoms with Crippen LogP contribution in [0.25, 0.3) is 33.5 Å². The second-order valence-corrected chi connectivity index (χ2v) is 9.90. The summed E-state index contributed by atoms with van der Waals surface area (Å²) in [6.45, 7) is 1.85. The van der Waals surface area contributed by atoms with Crippen molar-refractivity contribution < 1.29 is 31.1 Å². The summed E-state index contributed by atoms with van der Waals surface area (Å²) < 4.78 is 68.6.